The zero-order valence-electron chi connectivity index (χ0n) is 32.1. The molecule has 0 aliphatic carbocycles. The van der Waals surface area contributed by atoms with Crippen LogP contribution in [0, 0.1) is 6.92 Å². The number of nitrogens with zero attached hydrogens (tertiary/aromatic N) is 6. The van der Waals surface area contributed by atoms with Gasteiger partial charge < -0.3 is 9.80 Å². The molecule has 0 unspecified atom stereocenters. The highest BCUT2D eigenvalue weighted by Crippen LogP contribution is 2.33. The van der Waals surface area contributed by atoms with E-state index in [4.69, 9.17) is 56.4 Å². The number of halogens is 4. The minimum Gasteiger partial charge on any atom is -0.345 e. The van der Waals surface area contributed by atoms with Crippen LogP contribution >= 0.6 is 69.1 Å². The van der Waals surface area contributed by atoms with Gasteiger partial charge in [0.05, 0.1) is 21.4 Å². The van der Waals surface area contributed by atoms with Crippen LogP contribution in [-0.4, -0.2) is 87.8 Å². The van der Waals surface area contributed by atoms with Crippen molar-refractivity contribution in [3.63, 3.8) is 0 Å². The van der Waals surface area contributed by atoms with Gasteiger partial charge in [-0.3, -0.25) is 0 Å². The Balaban J connectivity index is 0.000000179. The Hall–Kier alpha value is -3.28. The number of hydrogen-bond donors (Lipinski definition) is 0. The lowest BCUT2D eigenvalue weighted by molar-refractivity contribution is 0.384. The number of benzene rings is 4. The standard InChI is InChI=1S/C21H21Cl2N3O2S2.C20H19Cl2N3O2S2/c1-2-15-3-5-16(6-4-15)19-14-29-21(24-19)25-9-11-26(12-10-25)30(27,28)20-13-17(22)7-8-18(20)23;1-14-2-4-15(5-3-14)18-13-28-20(23-18)24-8-10-25(11-9-24)29(26,27)19-12-16(21)6-7-17(19)22/h3-8,13-14H,2,9-12H2,1H3;2-7,12-13H,8-11H2,1H3. The molecule has 2 aromatic heterocycles. The third-order valence-electron chi connectivity index (χ3n) is 10.0. The lowest BCUT2D eigenvalue weighted by Crippen LogP contribution is -2.48. The SMILES string of the molecule is CCc1ccc(-c2csc(N3CCN(S(=O)(=O)c4cc(Cl)ccc4Cl)CC3)n2)cc1.Cc1ccc(-c2csc(N3CCN(S(=O)(=O)c4cc(Cl)ccc4Cl)CC3)n2)cc1. The average Bonchev–Trinajstić information content (AvgIpc) is 3.95. The van der Waals surface area contributed by atoms with Gasteiger partial charge in [0.25, 0.3) is 0 Å². The summed E-state index contributed by atoms with van der Waals surface area (Å²) in [6.45, 7) is 7.93. The summed E-state index contributed by atoms with van der Waals surface area (Å²) in [5, 5.41) is 6.94. The Morgan fingerprint density at radius 2 is 0.949 bits per heavy atom. The number of aryl methyl sites for hydroxylation is 2. The molecule has 2 saturated heterocycles. The van der Waals surface area contributed by atoms with Gasteiger partial charge >= 0.3 is 0 Å². The largest absolute Gasteiger partial charge is 0.345 e. The number of anilines is 2. The van der Waals surface area contributed by atoms with Crippen molar-refractivity contribution in [2.45, 2.75) is 30.1 Å². The fourth-order valence-corrected chi connectivity index (χ4v) is 12.7. The first-order valence-electron chi connectivity index (χ1n) is 18.7. The maximum Gasteiger partial charge on any atom is 0.244 e. The van der Waals surface area contributed by atoms with E-state index in [0.29, 0.717) is 62.4 Å². The van der Waals surface area contributed by atoms with E-state index in [1.54, 1.807) is 34.8 Å². The Bertz CT molecular complexity index is 2630. The van der Waals surface area contributed by atoms with Gasteiger partial charge in [0, 0.05) is 84.3 Å². The van der Waals surface area contributed by atoms with Gasteiger partial charge in [-0.2, -0.15) is 8.61 Å². The zero-order chi connectivity index (χ0) is 41.9. The van der Waals surface area contributed by atoms with Gasteiger partial charge in [-0.25, -0.2) is 26.8 Å². The third-order valence-corrected chi connectivity index (χ3v) is 17.1. The Kier molecular flexibility index (Phi) is 13.9. The molecule has 0 atom stereocenters. The van der Waals surface area contributed by atoms with Crippen molar-refractivity contribution in [1.82, 2.24) is 18.6 Å². The maximum atomic E-state index is 13.0. The Morgan fingerprint density at radius 1 is 0.559 bits per heavy atom. The Labute approximate surface area is 373 Å². The normalized spacial score (nSPS) is 15.6. The molecule has 0 N–H and O–H groups in total. The second kappa shape index (κ2) is 18.8. The summed E-state index contributed by atoms with van der Waals surface area (Å²) in [5.41, 5.74) is 6.55. The number of sulfonamides is 2. The first kappa shape index (κ1) is 43.8. The molecule has 8 rings (SSSR count). The maximum absolute atomic E-state index is 13.0. The van der Waals surface area contributed by atoms with E-state index in [1.807, 2.05) is 10.8 Å². The van der Waals surface area contributed by atoms with Gasteiger partial charge in [-0.05, 0) is 55.3 Å². The van der Waals surface area contributed by atoms with E-state index < -0.39 is 20.0 Å². The molecule has 4 aromatic carbocycles. The summed E-state index contributed by atoms with van der Waals surface area (Å²) in [6.07, 6.45) is 1.01. The highest BCUT2D eigenvalue weighted by Gasteiger charge is 2.32. The second-order valence-electron chi connectivity index (χ2n) is 13.9. The molecule has 4 heterocycles. The molecule has 0 spiro atoms. The van der Waals surface area contributed by atoms with Crippen molar-refractivity contribution in [1.29, 1.82) is 0 Å². The first-order chi connectivity index (χ1) is 28.2. The molecule has 2 fully saturated rings. The van der Waals surface area contributed by atoms with Gasteiger partial charge in [-0.1, -0.05) is 107 Å². The summed E-state index contributed by atoms with van der Waals surface area (Å²) >= 11 is 27.3. The predicted octanol–water partition coefficient (Wildman–Crippen LogP) is 10.1. The zero-order valence-corrected chi connectivity index (χ0v) is 38.4. The Morgan fingerprint density at radius 3 is 1.34 bits per heavy atom. The van der Waals surface area contributed by atoms with Gasteiger partial charge in [0.15, 0.2) is 10.3 Å². The third kappa shape index (κ3) is 10.1. The smallest absolute Gasteiger partial charge is 0.244 e. The minimum absolute atomic E-state index is 0.0519. The summed E-state index contributed by atoms with van der Waals surface area (Å²) in [5.74, 6) is 0. The van der Waals surface area contributed by atoms with Crippen molar-refractivity contribution < 1.29 is 16.8 Å². The number of piperazine rings is 2. The fraction of sp³-hybridized carbons (Fsp3) is 0.268. The lowest BCUT2D eigenvalue weighted by atomic mass is 10.1. The molecule has 0 saturated carbocycles. The van der Waals surface area contributed by atoms with Crippen molar-refractivity contribution in [2.24, 2.45) is 0 Å². The van der Waals surface area contributed by atoms with Crippen LogP contribution in [-0.2, 0) is 26.5 Å². The predicted molar refractivity (Wildman–Crippen MR) is 244 cm³/mol. The van der Waals surface area contributed by atoms with Crippen LogP contribution in [0.25, 0.3) is 22.5 Å². The fourth-order valence-electron chi connectivity index (χ4n) is 6.59. The molecule has 2 aliphatic heterocycles. The van der Waals surface area contributed by atoms with Crippen LogP contribution in [0.2, 0.25) is 20.1 Å². The monoisotopic (exact) mass is 948 g/mol. The van der Waals surface area contributed by atoms with E-state index in [2.05, 4.69) is 72.2 Å². The van der Waals surface area contributed by atoms with Crippen LogP contribution in [0.5, 0.6) is 0 Å². The minimum atomic E-state index is -3.69. The molecular formula is C41H40Cl4N6O4S4. The molecule has 59 heavy (non-hydrogen) atoms. The quantitative estimate of drug-likeness (QED) is 0.141. The van der Waals surface area contributed by atoms with Crippen molar-refractivity contribution in [2.75, 3.05) is 62.2 Å². The number of rotatable bonds is 9. The summed E-state index contributed by atoms with van der Waals surface area (Å²) in [7, 11) is -7.38. The van der Waals surface area contributed by atoms with Crippen LogP contribution in [0.15, 0.2) is 105 Å². The van der Waals surface area contributed by atoms with Crippen LogP contribution in [0.1, 0.15) is 18.1 Å². The number of aromatic nitrogens is 2. The highest BCUT2D eigenvalue weighted by atomic mass is 35.5. The van der Waals surface area contributed by atoms with Crippen LogP contribution in [0.3, 0.4) is 0 Å². The molecule has 0 radical (unpaired) electrons. The average molecular weight is 951 g/mol. The summed E-state index contributed by atoms with van der Waals surface area (Å²) < 4.78 is 54.8. The molecule has 310 valence electrons. The van der Waals surface area contributed by atoms with E-state index >= 15 is 0 Å². The molecule has 0 amide bonds. The first-order valence-corrected chi connectivity index (χ1v) is 24.9. The van der Waals surface area contributed by atoms with E-state index in [-0.39, 0.29) is 19.8 Å². The lowest BCUT2D eigenvalue weighted by Gasteiger charge is -2.34. The van der Waals surface area contributed by atoms with Crippen LogP contribution in [0.4, 0.5) is 10.3 Å². The number of hydrogen-bond acceptors (Lipinski definition) is 10. The molecular weight excluding hydrogens is 911 g/mol. The van der Waals surface area contributed by atoms with E-state index in [0.717, 1.165) is 39.2 Å². The molecule has 6 aromatic rings. The highest BCUT2D eigenvalue weighted by molar-refractivity contribution is 7.89. The van der Waals surface area contributed by atoms with E-state index in [1.165, 1.54) is 44.0 Å². The topological polar surface area (TPSA) is 107 Å². The molecule has 10 nitrogen and oxygen atoms in total. The van der Waals surface area contributed by atoms with Gasteiger partial charge in [0.1, 0.15) is 9.79 Å². The summed E-state index contributed by atoms with van der Waals surface area (Å²) in [4.78, 5) is 13.9. The second-order valence-corrected chi connectivity index (χ2v) is 21.1. The van der Waals surface area contributed by atoms with Gasteiger partial charge in [0.2, 0.25) is 20.0 Å². The summed E-state index contributed by atoms with van der Waals surface area (Å²) in [6, 6.07) is 25.7. The number of thiazole rings is 2. The van der Waals surface area contributed by atoms with Crippen LogP contribution < -0.4 is 9.80 Å². The van der Waals surface area contributed by atoms with Crippen molar-refractivity contribution in [3.05, 3.63) is 127 Å². The molecule has 18 heteroatoms. The van der Waals surface area contributed by atoms with E-state index in [9.17, 15) is 16.8 Å². The van der Waals surface area contributed by atoms with Gasteiger partial charge in [-0.15, -0.1) is 22.7 Å². The van der Waals surface area contributed by atoms with Crippen molar-refractivity contribution in [3.8, 4) is 22.5 Å². The molecule has 2 aliphatic rings. The molecule has 0 bridgehead atoms. The van der Waals surface area contributed by atoms with Crippen molar-refractivity contribution >= 4 is 99.4 Å².